The number of terminal acetylenes is 1. The van der Waals surface area contributed by atoms with Crippen molar-refractivity contribution in [2.45, 2.75) is 33.1 Å². The molecule has 0 aliphatic heterocycles. The number of benzene rings is 1. The van der Waals surface area contributed by atoms with Crippen molar-refractivity contribution >= 4 is 0 Å². The third-order valence-electron chi connectivity index (χ3n) is 2.30. The summed E-state index contributed by atoms with van der Waals surface area (Å²) in [5.41, 5.74) is 4.14. The molecule has 0 saturated carbocycles. The van der Waals surface area contributed by atoms with Gasteiger partial charge in [0.2, 0.25) is 0 Å². The van der Waals surface area contributed by atoms with Gasteiger partial charge < -0.3 is 0 Å². The van der Waals surface area contributed by atoms with Gasteiger partial charge in [-0.05, 0) is 30.0 Å². The summed E-state index contributed by atoms with van der Waals surface area (Å²) < 4.78 is 0. The smallest absolute Gasteiger partial charge is 0.0340 e. The standard InChI is InChI=1S/C13H16/c1-4-7-12-10-6-9-11(3)13(12)8-5-2/h1,6,9-10H,5,7-8H2,2-3H3. The van der Waals surface area contributed by atoms with Gasteiger partial charge in [0.25, 0.3) is 0 Å². The zero-order valence-corrected chi connectivity index (χ0v) is 8.43. The average molecular weight is 172 g/mol. The Balaban J connectivity index is 3.03. The maximum atomic E-state index is 5.33. The van der Waals surface area contributed by atoms with Gasteiger partial charge in [-0.2, -0.15) is 0 Å². The van der Waals surface area contributed by atoms with Crippen molar-refractivity contribution in [2.75, 3.05) is 0 Å². The summed E-state index contributed by atoms with van der Waals surface area (Å²) in [6.07, 6.45) is 8.41. The van der Waals surface area contributed by atoms with E-state index in [9.17, 15) is 0 Å². The van der Waals surface area contributed by atoms with E-state index in [1.54, 1.807) is 0 Å². The van der Waals surface area contributed by atoms with Gasteiger partial charge in [0.1, 0.15) is 0 Å². The van der Waals surface area contributed by atoms with E-state index in [0.717, 1.165) is 12.8 Å². The number of rotatable bonds is 3. The first-order chi connectivity index (χ1) is 6.29. The van der Waals surface area contributed by atoms with E-state index in [1.165, 1.54) is 23.1 Å². The SMILES string of the molecule is C#CCc1cccc(C)c1CCC. The highest BCUT2D eigenvalue weighted by Crippen LogP contribution is 2.16. The second-order valence-corrected chi connectivity index (χ2v) is 3.34. The maximum Gasteiger partial charge on any atom is 0.0340 e. The van der Waals surface area contributed by atoms with Crippen LogP contribution in [0.5, 0.6) is 0 Å². The molecule has 0 heterocycles. The van der Waals surface area contributed by atoms with Gasteiger partial charge in [-0.25, -0.2) is 0 Å². The number of hydrogen-bond acceptors (Lipinski definition) is 0. The topological polar surface area (TPSA) is 0 Å². The van der Waals surface area contributed by atoms with Crippen molar-refractivity contribution in [1.29, 1.82) is 0 Å². The molecule has 0 fully saturated rings. The van der Waals surface area contributed by atoms with Gasteiger partial charge in [-0.3, -0.25) is 0 Å². The average Bonchev–Trinajstić information content (AvgIpc) is 2.11. The maximum absolute atomic E-state index is 5.33. The quantitative estimate of drug-likeness (QED) is 0.614. The lowest BCUT2D eigenvalue weighted by molar-refractivity contribution is 0.898. The Hall–Kier alpha value is -1.22. The lowest BCUT2D eigenvalue weighted by Crippen LogP contribution is -1.96. The first-order valence-corrected chi connectivity index (χ1v) is 4.80. The monoisotopic (exact) mass is 172 g/mol. The zero-order valence-electron chi connectivity index (χ0n) is 8.43. The van der Waals surface area contributed by atoms with E-state index < -0.39 is 0 Å². The van der Waals surface area contributed by atoms with E-state index in [2.05, 4.69) is 38.0 Å². The Morgan fingerprint density at radius 2 is 2.15 bits per heavy atom. The minimum absolute atomic E-state index is 0.761. The van der Waals surface area contributed by atoms with E-state index in [-0.39, 0.29) is 0 Å². The molecule has 0 amide bonds. The molecule has 0 saturated heterocycles. The highest BCUT2D eigenvalue weighted by Gasteiger charge is 2.02. The van der Waals surface area contributed by atoms with Gasteiger partial charge in [0.05, 0.1) is 0 Å². The highest BCUT2D eigenvalue weighted by molar-refractivity contribution is 5.36. The normalized spacial score (nSPS) is 9.62. The van der Waals surface area contributed by atoms with Crippen molar-refractivity contribution in [1.82, 2.24) is 0 Å². The molecule has 68 valence electrons. The molecule has 0 N–H and O–H groups in total. The van der Waals surface area contributed by atoms with Gasteiger partial charge in [0, 0.05) is 6.42 Å². The molecule has 0 aromatic heterocycles. The van der Waals surface area contributed by atoms with E-state index in [4.69, 9.17) is 6.42 Å². The fourth-order valence-corrected chi connectivity index (χ4v) is 1.65. The third kappa shape index (κ3) is 2.36. The van der Waals surface area contributed by atoms with Crippen LogP contribution in [0.15, 0.2) is 18.2 Å². The van der Waals surface area contributed by atoms with E-state index in [1.807, 2.05) is 0 Å². The molecule has 13 heavy (non-hydrogen) atoms. The second-order valence-electron chi connectivity index (χ2n) is 3.34. The minimum Gasteiger partial charge on any atom is -0.120 e. The molecule has 0 heteroatoms. The van der Waals surface area contributed by atoms with Crippen LogP contribution in [0.1, 0.15) is 30.0 Å². The predicted molar refractivity (Wildman–Crippen MR) is 57.7 cm³/mol. The third-order valence-corrected chi connectivity index (χ3v) is 2.30. The molecule has 0 nitrogen and oxygen atoms in total. The fourth-order valence-electron chi connectivity index (χ4n) is 1.65. The molecule has 0 bridgehead atoms. The zero-order chi connectivity index (χ0) is 9.68. The first-order valence-electron chi connectivity index (χ1n) is 4.80. The Morgan fingerprint density at radius 3 is 2.77 bits per heavy atom. The van der Waals surface area contributed by atoms with Gasteiger partial charge in [-0.1, -0.05) is 31.5 Å². The van der Waals surface area contributed by atoms with Gasteiger partial charge in [0.15, 0.2) is 0 Å². The molecular formula is C13H16. The van der Waals surface area contributed by atoms with Crippen molar-refractivity contribution in [3.63, 3.8) is 0 Å². The molecule has 0 atom stereocenters. The van der Waals surface area contributed by atoms with Crippen molar-refractivity contribution in [3.05, 3.63) is 34.9 Å². The van der Waals surface area contributed by atoms with E-state index >= 15 is 0 Å². The molecule has 1 rings (SSSR count). The molecular weight excluding hydrogens is 156 g/mol. The molecule has 1 aromatic carbocycles. The van der Waals surface area contributed by atoms with Crippen LogP contribution in [0.2, 0.25) is 0 Å². The molecule has 0 aliphatic rings. The summed E-state index contributed by atoms with van der Waals surface area (Å²) in [5, 5.41) is 0. The van der Waals surface area contributed by atoms with Crippen LogP contribution < -0.4 is 0 Å². The van der Waals surface area contributed by atoms with Crippen LogP contribution in [-0.2, 0) is 12.8 Å². The lowest BCUT2D eigenvalue weighted by Gasteiger charge is -2.09. The summed E-state index contributed by atoms with van der Waals surface area (Å²) in [5.74, 6) is 2.71. The van der Waals surface area contributed by atoms with Gasteiger partial charge >= 0.3 is 0 Å². The summed E-state index contributed by atoms with van der Waals surface area (Å²) in [4.78, 5) is 0. The Labute approximate surface area is 81.0 Å². The molecule has 0 unspecified atom stereocenters. The summed E-state index contributed by atoms with van der Waals surface area (Å²) in [6.45, 7) is 4.36. The van der Waals surface area contributed by atoms with Gasteiger partial charge in [-0.15, -0.1) is 12.3 Å². The van der Waals surface area contributed by atoms with Crippen molar-refractivity contribution in [2.24, 2.45) is 0 Å². The van der Waals surface area contributed by atoms with Crippen molar-refractivity contribution < 1.29 is 0 Å². The second kappa shape index (κ2) is 4.72. The van der Waals surface area contributed by atoms with Crippen molar-refractivity contribution in [3.8, 4) is 12.3 Å². The summed E-state index contributed by atoms with van der Waals surface area (Å²) >= 11 is 0. The summed E-state index contributed by atoms with van der Waals surface area (Å²) in [7, 11) is 0. The molecule has 0 spiro atoms. The molecule has 0 aliphatic carbocycles. The van der Waals surface area contributed by atoms with E-state index in [0.29, 0.717) is 0 Å². The summed E-state index contributed by atoms with van der Waals surface area (Å²) in [6, 6.07) is 6.38. The number of aryl methyl sites for hydroxylation is 1. The predicted octanol–water partition coefficient (Wildman–Crippen LogP) is 3.12. The van der Waals surface area contributed by atoms with Crippen LogP contribution in [0.25, 0.3) is 0 Å². The Kier molecular flexibility index (Phi) is 3.58. The molecule has 0 radical (unpaired) electrons. The Morgan fingerprint density at radius 1 is 1.38 bits per heavy atom. The van der Waals surface area contributed by atoms with Crippen LogP contribution in [0.4, 0.5) is 0 Å². The van der Waals surface area contributed by atoms with Crippen LogP contribution >= 0.6 is 0 Å². The fraction of sp³-hybridized carbons (Fsp3) is 0.385. The Bertz CT molecular complexity index is 315. The van der Waals surface area contributed by atoms with Crippen LogP contribution in [0.3, 0.4) is 0 Å². The van der Waals surface area contributed by atoms with Crippen LogP contribution in [0, 0.1) is 19.3 Å². The first kappa shape index (κ1) is 9.86. The number of hydrogen-bond donors (Lipinski definition) is 0. The highest BCUT2D eigenvalue weighted by atomic mass is 14.1. The lowest BCUT2D eigenvalue weighted by atomic mass is 9.96. The molecule has 1 aromatic rings. The largest absolute Gasteiger partial charge is 0.120 e. The van der Waals surface area contributed by atoms with Crippen LogP contribution in [-0.4, -0.2) is 0 Å². The minimum atomic E-state index is 0.761.